The van der Waals surface area contributed by atoms with Crippen LogP contribution in [0, 0.1) is 6.92 Å². The van der Waals surface area contributed by atoms with E-state index < -0.39 is 0 Å². The van der Waals surface area contributed by atoms with Crippen molar-refractivity contribution < 1.29 is 5.11 Å². The number of aromatic hydroxyl groups is 1. The monoisotopic (exact) mass is 291 g/mol. The minimum absolute atomic E-state index is 0.298. The van der Waals surface area contributed by atoms with Gasteiger partial charge in [-0.15, -0.1) is 0 Å². The summed E-state index contributed by atoms with van der Waals surface area (Å²) >= 11 is 3.48. The highest BCUT2D eigenvalue weighted by Gasteiger charge is 1.97. The molecule has 2 aromatic carbocycles. The fraction of sp³-hybridized carbons (Fsp3) is 0.143. The summed E-state index contributed by atoms with van der Waals surface area (Å²) < 4.78 is 1.07. The summed E-state index contributed by atoms with van der Waals surface area (Å²) in [6.45, 7) is 2.81. The van der Waals surface area contributed by atoms with Gasteiger partial charge in [0.15, 0.2) is 0 Å². The van der Waals surface area contributed by atoms with E-state index in [0.717, 1.165) is 22.3 Å². The molecule has 2 rings (SSSR count). The Morgan fingerprint density at radius 3 is 2.47 bits per heavy atom. The van der Waals surface area contributed by atoms with Crippen LogP contribution in [0.3, 0.4) is 0 Å². The molecule has 0 heterocycles. The fourth-order valence-corrected chi connectivity index (χ4v) is 2.26. The first-order valence-electron chi connectivity index (χ1n) is 5.42. The number of hydrogen-bond donors (Lipinski definition) is 2. The molecular weight excluding hydrogens is 278 g/mol. The largest absolute Gasteiger partial charge is 0.508 e. The number of anilines is 1. The SMILES string of the molecule is Cc1cc(Br)cc(NCc2ccc(O)cc2)c1. The quantitative estimate of drug-likeness (QED) is 0.893. The maximum absolute atomic E-state index is 9.19. The average Bonchev–Trinajstić information content (AvgIpc) is 2.27. The Balaban J connectivity index is 2.04. The van der Waals surface area contributed by atoms with Gasteiger partial charge in [-0.1, -0.05) is 28.1 Å². The molecule has 0 aliphatic rings. The normalized spacial score (nSPS) is 10.2. The molecule has 0 fully saturated rings. The van der Waals surface area contributed by atoms with Crippen molar-refractivity contribution in [3.8, 4) is 5.75 Å². The smallest absolute Gasteiger partial charge is 0.115 e. The molecule has 0 saturated carbocycles. The van der Waals surface area contributed by atoms with Crippen molar-refractivity contribution >= 4 is 21.6 Å². The van der Waals surface area contributed by atoms with Crippen molar-refractivity contribution in [1.82, 2.24) is 0 Å². The first-order chi connectivity index (χ1) is 8.13. The zero-order valence-electron chi connectivity index (χ0n) is 9.57. The van der Waals surface area contributed by atoms with Crippen LogP contribution in [0.25, 0.3) is 0 Å². The lowest BCUT2D eigenvalue weighted by Crippen LogP contribution is -1.99. The molecule has 0 spiro atoms. The zero-order valence-corrected chi connectivity index (χ0v) is 11.2. The molecule has 0 unspecified atom stereocenters. The van der Waals surface area contributed by atoms with Crippen molar-refractivity contribution in [1.29, 1.82) is 0 Å². The van der Waals surface area contributed by atoms with E-state index in [1.165, 1.54) is 5.56 Å². The molecule has 0 saturated heterocycles. The minimum Gasteiger partial charge on any atom is -0.508 e. The second-order valence-corrected chi connectivity index (χ2v) is 4.95. The van der Waals surface area contributed by atoms with Crippen LogP contribution in [0.15, 0.2) is 46.9 Å². The molecule has 17 heavy (non-hydrogen) atoms. The fourth-order valence-electron chi connectivity index (χ4n) is 1.66. The van der Waals surface area contributed by atoms with E-state index in [0.29, 0.717) is 5.75 Å². The Morgan fingerprint density at radius 1 is 1.12 bits per heavy atom. The molecule has 3 heteroatoms. The number of halogens is 1. The van der Waals surface area contributed by atoms with Crippen LogP contribution in [0.5, 0.6) is 5.75 Å². The molecule has 2 nitrogen and oxygen atoms in total. The molecule has 0 atom stereocenters. The van der Waals surface area contributed by atoms with Crippen LogP contribution in [0.4, 0.5) is 5.69 Å². The molecule has 0 radical (unpaired) electrons. The van der Waals surface area contributed by atoms with Gasteiger partial charge in [-0.25, -0.2) is 0 Å². The molecule has 0 aliphatic carbocycles. The first-order valence-corrected chi connectivity index (χ1v) is 6.22. The first kappa shape index (κ1) is 12.0. The Labute approximate surface area is 109 Å². The van der Waals surface area contributed by atoms with Gasteiger partial charge in [-0.05, 0) is 48.4 Å². The third-order valence-electron chi connectivity index (χ3n) is 2.48. The Hall–Kier alpha value is -1.48. The number of nitrogens with one attached hydrogen (secondary N) is 1. The van der Waals surface area contributed by atoms with Gasteiger partial charge in [-0.3, -0.25) is 0 Å². The van der Waals surface area contributed by atoms with E-state index in [1.807, 2.05) is 18.2 Å². The zero-order chi connectivity index (χ0) is 12.3. The number of hydrogen-bond acceptors (Lipinski definition) is 2. The predicted octanol–water partition coefficient (Wildman–Crippen LogP) is 4.08. The molecular formula is C14H14BrNO. The second-order valence-electron chi connectivity index (χ2n) is 4.04. The minimum atomic E-state index is 0.298. The van der Waals surface area contributed by atoms with Gasteiger partial charge in [-0.2, -0.15) is 0 Å². The summed E-state index contributed by atoms with van der Waals surface area (Å²) in [5.41, 5.74) is 3.44. The van der Waals surface area contributed by atoms with Crippen molar-refractivity contribution in [2.45, 2.75) is 13.5 Å². The third-order valence-corrected chi connectivity index (χ3v) is 2.93. The van der Waals surface area contributed by atoms with Crippen LogP contribution in [0.2, 0.25) is 0 Å². The summed E-state index contributed by atoms with van der Waals surface area (Å²) in [5.74, 6) is 0.298. The second kappa shape index (κ2) is 5.23. The lowest BCUT2D eigenvalue weighted by Gasteiger charge is -2.08. The molecule has 0 aliphatic heterocycles. The van der Waals surface area contributed by atoms with Gasteiger partial charge in [0.25, 0.3) is 0 Å². The number of phenolic OH excluding ortho intramolecular Hbond substituents is 1. The summed E-state index contributed by atoms with van der Waals surface area (Å²) in [5, 5.41) is 12.5. The van der Waals surface area contributed by atoms with Crippen molar-refractivity contribution in [3.05, 3.63) is 58.1 Å². The van der Waals surface area contributed by atoms with Gasteiger partial charge >= 0.3 is 0 Å². The lowest BCUT2D eigenvalue weighted by molar-refractivity contribution is 0.475. The van der Waals surface area contributed by atoms with Crippen LogP contribution in [-0.4, -0.2) is 5.11 Å². The van der Waals surface area contributed by atoms with Crippen molar-refractivity contribution in [3.63, 3.8) is 0 Å². The van der Waals surface area contributed by atoms with Crippen LogP contribution >= 0.6 is 15.9 Å². The van der Waals surface area contributed by atoms with Crippen LogP contribution < -0.4 is 5.32 Å². The van der Waals surface area contributed by atoms with Gasteiger partial charge in [0.05, 0.1) is 0 Å². The Kier molecular flexibility index (Phi) is 3.69. The third kappa shape index (κ3) is 3.49. The number of aryl methyl sites for hydroxylation is 1. The summed E-state index contributed by atoms with van der Waals surface area (Å²) in [7, 11) is 0. The van der Waals surface area contributed by atoms with E-state index in [2.05, 4.69) is 40.3 Å². The standard InChI is InChI=1S/C14H14BrNO/c1-10-6-12(15)8-13(7-10)16-9-11-2-4-14(17)5-3-11/h2-8,16-17H,9H2,1H3. The molecule has 0 aromatic heterocycles. The van der Waals surface area contributed by atoms with Crippen LogP contribution in [0.1, 0.15) is 11.1 Å². The van der Waals surface area contributed by atoms with Crippen LogP contribution in [-0.2, 0) is 6.54 Å². The maximum atomic E-state index is 9.19. The van der Waals surface area contributed by atoms with E-state index in [-0.39, 0.29) is 0 Å². The number of phenols is 1. The molecule has 2 aromatic rings. The Bertz CT molecular complexity index is 488. The molecule has 2 N–H and O–H groups in total. The van der Waals surface area contributed by atoms with Crippen molar-refractivity contribution in [2.24, 2.45) is 0 Å². The molecule has 0 amide bonds. The van der Waals surface area contributed by atoms with E-state index >= 15 is 0 Å². The highest BCUT2D eigenvalue weighted by molar-refractivity contribution is 9.10. The van der Waals surface area contributed by atoms with Gasteiger partial charge in [0.2, 0.25) is 0 Å². The van der Waals surface area contributed by atoms with Gasteiger partial charge in [0, 0.05) is 16.7 Å². The van der Waals surface area contributed by atoms with Gasteiger partial charge in [0.1, 0.15) is 5.75 Å². The lowest BCUT2D eigenvalue weighted by atomic mass is 10.2. The Morgan fingerprint density at radius 2 is 1.82 bits per heavy atom. The summed E-state index contributed by atoms with van der Waals surface area (Å²) in [4.78, 5) is 0. The maximum Gasteiger partial charge on any atom is 0.115 e. The number of rotatable bonds is 3. The molecule has 88 valence electrons. The predicted molar refractivity (Wildman–Crippen MR) is 74.3 cm³/mol. The molecule has 0 bridgehead atoms. The van der Waals surface area contributed by atoms with Crippen molar-refractivity contribution in [2.75, 3.05) is 5.32 Å². The topological polar surface area (TPSA) is 32.3 Å². The number of benzene rings is 2. The van der Waals surface area contributed by atoms with Gasteiger partial charge < -0.3 is 10.4 Å². The average molecular weight is 292 g/mol. The van der Waals surface area contributed by atoms with E-state index in [9.17, 15) is 5.11 Å². The highest BCUT2D eigenvalue weighted by atomic mass is 79.9. The highest BCUT2D eigenvalue weighted by Crippen LogP contribution is 2.20. The van der Waals surface area contributed by atoms with E-state index in [4.69, 9.17) is 0 Å². The van der Waals surface area contributed by atoms with E-state index in [1.54, 1.807) is 12.1 Å². The summed E-state index contributed by atoms with van der Waals surface area (Å²) in [6.07, 6.45) is 0. The summed E-state index contributed by atoms with van der Waals surface area (Å²) in [6, 6.07) is 13.4.